The van der Waals surface area contributed by atoms with Gasteiger partial charge in [-0.05, 0) is 18.2 Å². The number of para-hydroxylation sites is 1. The summed E-state index contributed by atoms with van der Waals surface area (Å²) in [5.41, 5.74) is 1.02. The van der Waals surface area contributed by atoms with E-state index in [4.69, 9.17) is 23.2 Å². The van der Waals surface area contributed by atoms with Crippen molar-refractivity contribution < 1.29 is 0 Å². The number of rotatable bonds is 2. The van der Waals surface area contributed by atoms with Crippen LogP contribution in [0.25, 0.3) is 10.9 Å². The molecule has 0 unspecified atom stereocenters. The van der Waals surface area contributed by atoms with Crippen LogP contribution in [0.4, 0.5) is 0 Å². The summed E-state index contributed by atoms with van der Waals surface area (Å²) in [5.74, 6) is 0. The lowest BCUT2D eigenvalue weighted by atomic mass is 10.2. The maximum atomic E-state index is 12.3. The van der Waals surface area contributed by atoms with E-state index in [1.807, 2.05) is 6.07 Å². The maximum Gasteiger partial charge on any atom is 0.281 e. The average Bonchev–Trinajstić information content (AvgIpc) is 2.51. The van der Waals surface area contributed by atoms with Crippen molar-refractivity contribution in [2.45, 2.75) is 0 Å². The van der Waals surface area contributed by atoms with Gasteiger partial charge in [-0.2, -0.15) is 9.78 Å². The number of nitrogens with zero attached hydrogens (tertiary/aromatic N) is 3. The Labute approximate surface area is 130 Å². The van der Waals surface area contributed by atoms with E-state index >= 15 is 0 Å². The second-order valence-corrected chi connectivity index (χ2v) is 5.08. The minimum Gasteiger partial charge on any atom is -0.267 e. The fraction of sp³-hybridized carbons (Fsp3) is 0. The minimum absolute atomic E-state index is 0.241. The molecule has 4 nitrogen and oxygen atoms in total. The summed E-state index contributed by atoms with van der Waals surface area (Å²) >= 11 is 12.0. The quantitative estimate of drug-likeness (QED) is 0.678. The van der Waals surface area contributed by atoms with Gasteiger partial charge in [-0.25, -0.2) is 4.98 Å². The molecule has 0 bridgehead atoms. The van der Waals surface area contributed by atoms with E-state index < -0.39 is 0 Å². The zero-order chi connectivity index (χ0) is 14.8. The molecule has 0 aliphatic rings. The van der Waals surface area contributed by atoms with E-state index in [2.05, 4.69) is 10.1 Å². The van der Waals surface area contributed by atoms with Crippen LogP contribution in [-0.4, -0.2) is 15.9 Å². The summed E-state index contributed by atoms with van der Waals surface area (Å²) < 4.78 is 1.17. The van der Waals surface area contributed by atoms with Crippen molar-refractivity contribution in [2.24, 2.45) is 5.10 Å². The predicted octanol–water partition coefficient (Wildman–Crippen LogP) is 3.59. The highest BCUT2D eigenvalue weighted by atomic mass is 35.5. The van der Waals surface area contributed by atoms with Crippen LogP contribution in [0.5, 0.6) is 0 Å². The van der Waals surface area contributed by atoms with Crippen molar-refractivity contribution in [1.82, 2.24) is 9.66 Å². The van der Waals surface area contributed by atoms with Crippen LogP contribution >= 0.6 is 23.2 Å². The van der Waals surface area contributed by atoms with Crippen molar-refractivity contribution in [3.8, 4) is 0 Å². The lowest BCUT2D eigenvalue weighted by Crippen LogP contribution is -2.17. The van der Waals surface area contributed by atoms with Gasteiger partial charge in [0.05, 0.1) is 27.2 Å². The predicted molar refractivity (Wildman–Crippen MR) is 85.5 cm³/mol. The van der Waals surface area contributed by atoms with E-state index in [0.29, 0.717) is 26.5 Å². The highest BCUT2D eigenvalue weighted by molar-refractivity contribution is 6.43. The summed E-state index contributed by atoms with van der Waals surface area (Å²) in [6, 6.07) is 12.3. The first-order valence-corrected chi connectivity index (χ1v) is 6.87. The third kappa shape index (κ3) is 2.68. The molecule has 6 heteroatoms. The van der Waals surface area contributed by atoms with Gasteiger partial charge in [-0.15, -0.1) is 0 Å². The first-order chi connectivity index (χ1) is 10.2. The number of halogens is 2. The topological polar surface area (TPSA) is 47.2 Å². The van der Waals surface area contributed by atoms with E-state index in [1.54, 1.807) is 36.4 Å². The second-order valence-electron chi connectivity index (χ2n) is 4.30. The monoisotopic (exact) mass is 317 g/mol. The van der Waals surface area contributed by atoms with Gasteiger partial charge in [0.15, 0.2) is 0 Å². The molecule has 0 fully saturated rings. The van der Waals surface area contributed by atoms with Gasteiger partial charge in [0.25, 0.3) is 5.56 Å². The fourth-order valence-electron chi connectivity index (χ4n) is 1.89. The van der Waals surface area contributed by atoms with Crippen LogP contribution in [0.1, 0.15) is 5.56 Å². The Morgan fingerprint density at radius 3 is 2.76 bits per heavy atom. The van der Waals surface area contributed by atoms with Gasteiger partial charge in [0.1, 0.15) is 6.33 Å². The minimum atomic E-state index is -0.241. The van der Waals surface area contributed by atoms with Gasteiger partial charge in [0.2, 0.25) is 0 Å². The molecule has 3 rings (SSSR count). The first-order valence-electron chi connectivity index (χ1n) is 6.11. The van der Waals surface area contributed by atoms with E-state index in [9.17, 15) is 4.79 Å². The number of hydrogen-bond donors (Lipinski definition) is 0. The van der Waals surface area contributed by atoms with Crippen molar-refractivity contribution in [3.63, 3.8) is 0 Å². The number of benzene rings is 2. The van der Waals surface area contributed by atoms with E-state index in [0.717, 1.165) is 0 Å². The SMILES string of the molecule is O=c1c2ccccc2ncn1/N=C/c1cccc(Cl)c1Cl. The Hall–Kier alpha value is -2.17. The smallest absolute Gasteiger partial charge is 0.267 e. The Bertz CT molecular complexity index is 903. The van der Waals surface area contributed by atoms with Crippen LogP contribution in [0.2, 0.25) is 10.0 Å². The summed E-state index contributed by atoms with van der Waals surface area (Å²) in [6.07, 6.45) is 2.85. The molecule has 1 aromatic heterocycles. The Kier molecular flexibility index (Phi) is 3.73. The molecule has 1 heterocycles. The Balaban J connectivity index is 2.06. The number of hydrogen-bond acceptors (Lipinski definition) is 3. The van der Waals surface area contributed by atoms with Gasteiger partial charge < -0.3 is 0 Å². The van der Waals surface area contributed by atoms with Gasteiger partial charge in [0, 0.05) is 5.56 Å². The van der Waals surface area contributed by atoms with Gasteiger partial charge in [-0.3, -0.25) is 4.79 Å². The average molecular weight is 318 g/mol. The molecule has 0 amide bonds. The highest BCUT2D eigenvalue weighted by Crippen LogP contribution is 2.24. The Morgan fingerprint density at radius 1 is 1.10 bits per heavy atom. The molecule has 3 aromatic rings. The third-order valence-electron chi connectivity index (χ3n) is 2.95. The second kappa shape index (κ2) is 5.68. The molecule has 0 aliphatic carbocycles. The largest absolute Gasteiger partial charge is 0.281 e. The molecule has 2 aromatic carbocycles. The molecule has 104 valence electrons. The molecule has 0 N–H and O–H groups in total. The molecular weight excluding hydrogens is 309 g/mol. The molecule has 0 saturated heterocycles. The van der Waals surface area contributed by atoms with Crippen LogP contribution in [0.3, 0.4) is 0 Å². The fourth-order valence-corrected chi connectivity index (χ4v) is 2.24. The first kappa shape index (κ1) is 13.8. The molecule has 0 spiro atoms. The molecule has 0 aliphatic heterocycles. The van der Waals surface area contributed by atoms with Crippen molar-refractivity contribution in [2.75, 3.05) is 0 Å². The molecule has 0 radical (unpaired) electrons. The van der Waals surface area contributed by atoms with Gasteiger partial charge >= 0.3 is 0 Å². The van der Waals surface area contributed by atoms with Crippen LogP contribution in [0, 0.1) is 0 Å². The van der Waals surface area contributed by atoms with E-state index in [-0.39, 0.29) is 5.56 Å². The van der Waals surface area contributed by atoms with Crippen molar-refractivity contribution in [3.05, 3.63) is 74.8 Å². The third-order valence-corrected chi connectivity index (χ3v) is 3.78. The summed E-state index contributed by atoms with van der Waals surface area (Å²) in [6.45, 7) is 0. The van der Waals surface area contributed by atoms with Crippen LogP contribution in [0.15, 0.2) is 58.7 Å². The van der Waals surface area contributed by atoms with E-state index in [1.165, 1.54) is 17.2 Å². The summed E-state index contributed by atoms with van der Waals surface area (Å²) in [7, 11) is 0. The van der Waals surface area contributed by atoms with Crippen molar-refractivity contribution >= 4 is 40.3 Å². The number of aromatic nitrogens is 2. The maximum absolute atomic E-state index is 12.3. The highest BCUT2D eigenvalue weighted by Gasteiger charge is 2.03. The standard InChI is InChI=1S/C15H9Cl2N3O/c16-12-6-3-4-10(14(12)17)8-19-20-9-18-13-7-2-1-5-11(13)15(20)21/h1-9H/b19-8+. The van der Waals surface area contributed by atoms with Gasteiger partial charge in [-0.1, -0.05) is 47.5 Å². The zero-order valence-corrected chi connectivity index (χ0v) is 12.2. The summed E-state index contributed by atoms with van der Waals surface area (Å²) in [5, 5.41) is 5.44. The molecular formula is C15H9Cl2N3O. The molecule has 0 saturated carbocycles. The normalized spacial score (nSPS) is 11.3. The number of fused-ring (bicyclic) bond motifs is 1. The van der Waals surface area contributed by atoms with Crippen molar-refractivity contribution in [1.29, 1.82) is 0 Å². The van der Waals surface area contributed by atoms with Crippen LogP contribution < -0.4 is 5.56 Å². The van der Waals surface area contributed by atoms with Crippen LogP contribution in [-0.2, 0) is 0 Å². The Morgan fingerprint density at radius 2 is 1.90 bits per heavy atom. The lowest BCUT2D eigenvalue weighted by Gasteiger charge is -2.02. The summed E-state index contributed by atoms with van der Waals surface area (Å²) in [4.78, 5) is 16.4. The zero-order valence-electron chi connectivity index (χ0n) is 10.7. The molecule has 0 atom stereocenters. The lowest BCUT2D eigenvalue weighted by molar-refractivity contribution is 0.817. The molecule has 21 heavy (non-hydrogen) atoms.